The number of benzene rings is 2. The van der Waals surface area contributed by atoms with Crippen molar-refractivity contribution in [3.05, 3.63) is 70.7 Å². The molecular weight excluding hydrogens is 358 g/mol. The molecule has 0 saturated carbocycles. The molecule has 1 N–H and O–H groups in total. The zero-order valence-electron chi connectivity index (χ0n) is 15.5. The maximum absolute atomic E-state index is 12.7. The number of amides is 1. The summed E-state index contributed by atoms with van der Waals surface area (Å²) in [4.78, 5) is 17.2. The minimum Gasteiger partial charge on any atom is -0.340 e. The molecule has 5 heteroatoms. The smallest absolute Gasteiger partial charge is 0.227 e. The van der Waals surface area contributed by atoms with Crippen LogP contribution in [0.1, 0.15) is 23.6 Å². The highest BCUT2D eigenvalue weighted by molar-refractivity contribution is 6.31. The van der Waals surface area contributed by atoms with E-state index in [4.69, 9.17) is 11.6 Å². The second kappa shape index (κ2) is 8.42. The third kappa shape index (κ3) is 4.03. The molecular formula is C22H26ClN3O. The van der Waals surface area contributed by atoms with Crippen LogP contribution < -0.4 is 5.32 Å². The molecule has 2 atom stereocenters. The molecule has 27 heavy (non-hydrogen) atoms. The van der Waals surface area contributed by atoms with Crippen LogP contribution in [-0.2, 0) is 4.79 Å². The quantitative estimate of drug-likeness (QED) is 0.880. The van der Waals surface area contributed by atoms with Crippen LogP contribution in [0.15, 0.2) is 54.6 Å². The Morgan fingerprint density at radius 1 is 1.00 bits per heavy atom. The van der Waals surface area contributed by atoms with Gasteiger partial charge in [0.2, 0.25) is 5.91 Å². The molecule has 2 unspecified atom stereocenters. The number of rotatable bonds is 4. The van der Waals surface area contributed by atoms with E-state index in [0.29, 0.717) is 5.91 Å². The lowest BCUT2D eigenvalue weighted by atomic mass is 9.96. The SMILES string of the molecule is O=C(C1CCNC1)N1CCN(C(c2ccccc2)c2ccccc2Cl)CC1. The summed E-state index contributed by atoms with van der Waals surface area (Å²) in [5.41, 5.74) is 2.37. The Balaban J connectivity index is 1.52. The largest absolute Gasteiger partial charge is 0.340 e. The predicted molar refractivity (Wildman–Crippen MR) is 109 cm³/mol. The zero-order chi connectivity index (χ0) is 18.6. The van der Waals surface area contributed by atoms with E-state index in [2.05, 4.69) is 40.5 Å². The van der Waals surface area contributed by atoms with E-state index in [1.54, 1.807) is 0 Å². The topological polar surface area (TPSA) is 35.6 Å². The first-order valence-electron chi connectivity index (χ1n) is 9.77. The summed E-state index contributed by atoms with van der Waals surface area (Å²) >= 11 is 6.56. The monoisotopic (exact) mass is 383 g/mol. The minimum atomic E-state index is 0.116. The van der Waals surface area contributed by atoms with Gasteiger partial charge in [0.1, 0.15) is 0 Å². The van der Waals surface area contributed by atoms with Crippen molar-refractivity contribution in [1.82, 2.24) is 15.1 Å². The standard InChI is InChI=1S/C22H26ClN3O/c23-20-9-5-4-8-19(20)21(17-6-2-1-3-7-17)25-12-14-26(15-13-25)22(27)18-10-11-24-16-18/h1-9,18,21,24H,10-16H2. The molecule has 142 valence electrons. The zero-order valence-corrected chi connectivity index (χ0v) is 16.2. The summed E-state index contributed by atoms with van der Waals surface area (Å²) in [6.07, 6.45) is 0.964. The third-order valence-electron chi connectivity index (χ3n) is 5.72. The number of piperazine rings is 1. The molecule has 2 fully saturated rings. The second-order valence-corrected chi connectivity index (χ2v) is 7.79. The van der Waals surface area contributed by atoms with E-state index in [0.717, 1.165) is 56.3 Å². The molecule has 2 aliphatic heterocycles. The first kappa shape index (κ1) is 18.5. The fraction of sp³-hybridized carbons (Fsp3) is 0.409. The lowest BCUT2D eigenvalue weighted by molar-refractivity contribution is -0.136. The molecule has 2 aromatic rings. The maximum atomic E-state index is 12.7. The number of nitrogens with one attached hydrogen (secondary N) is 1. The summed E-state index contributed by atoms with van der Waals surface area (Å²) in [6.45, 7) is 5.06. The molecule has 0 aliphatic carbocycles. The van der Waals surface area contributed by atoms with E-state index in [-0.39, 0.29) is 12.0 Å². The van der Waals surface area contributed by atoms with Gasteiger partial charge < -0.3 is 10.2 Å². The Morgan fingerprint density at radius 2 is 1.70 bits per heavy atom. The van der Waals surface area contributed by atoms with Crippen LogP contribution in [0.5, 0.6) is 0 Å². The van der Waals surface area contributed by atoms with Gasteiger partial charge in [-0.3, -0.25) is 9.69 Å². The van der Waals surface area contributed by atoms with E-state index in [1.807, 2.05) is 29.2 Å². The number of hydrogen-bond acceptors (Lipinski definition) is 3. The summed E-state index contributed by atoms with van der Waals surface area (Å²) in [7, 11) is 0. The van der Waals surface area contributed by atoms with Gasteiger partial charge in [-0.05, 0) is 30.2 Å². The highest BCUT2D eigenvalue weighted by Gasteiger charge is 2.32. The number of halogens is 1. The lowest BCUT2D eigenvalue weighted by Gasteiger charge is -2.40. The van der Waals surface area contributed by atoms with Crippen LogP contribution in [-0.4, -0.2) is 55.0 Å². The van der Waals surface area contributed by atoms with Crippen molar-refractivity contribution >= 4 is 17.5 Å². The number of carbonyl (C=O) groups is 1. The van der Waals surface area contributed by atoms with Crippen molar-refractivity contribution in [2.45, 2.75) is 12.5 Å². The second-order valence-electron chi connectivity index (χ2n) is 7.39. The van der Waals surface area contributed by atoms with Gasteiger partial charge in [0.05, 0.1) is 12.0 Å². The first-order chi connectivity index (χ1) is 13.2. The maximum Gasteiger partial charge on any atom is 0.227 e. The molecule has 2 aromatic carbocycles. The van der Waals surface area contributed by atoms with Gasteiger partial charge in [-0.25, -0.2) is 0 Å². The number of carbonyl (C=O) groups excluding carboxylic acids is 1. The van der Waals surface area contributed by atoms with Gasteiger partial charge in [0, 0.05) is 37.7 Å². The fourth-order valence-electron chi connectivity index (χ4n) is 4.24. The minimum absolute atomic E-state index is 0.116. The Kier molecular flexibility index (Phi) is 5.77. The van der Waals surface area contributed by atoms with Crippen LogP contribution >= 0.6 is 11.6 Å². The van der Waals surface area contributed by atoms with Gasteiger partial charge in [0.15, 0.2) is 0 Å². The molecule has 0 bridgehead atoms. The molecule has 4 rings (SSSR count). The number of hydrogen-bond donors (Lipinski definition) is 1. The normalized spacial score (nSPS) is 22.0. The van der Waals surface area contributed by atoms with Crippen molar-refractivity contribution in [2.75, 3.05) is 39.3 Å². The average molecular weight is 384 g/mol. The molecule has 4 nitrogen and oxygen atoms in total. The molecule has 0 radical (unpaired) electrons. The Bertz CT molecular complexity index is 768. The van der Waals surface area contributed by atoms with Crippen LogP contribution in [0, 0.1) is 5.92 Å². The first-order valence-corrected chi connectivity index (χ1v) is 10.1. The summed E-state index contributed by atoms with van der Waals surface area (Å²) in [5.74, 6) is 0.471. The Morgan fingerprint density at radius 3 is 2.37 bits per heavy atom. The molecule has 1 amide bonds. The van der Waals surface area contributed by atoms with E-state index in [9.17, 15) is 4.79 Å². The van der Waals surface area contributed by atoms with Crippen molar-refractivity contribution < 1.29 is 4.79 Å². The van der Waals surface area contributed by atoms with Crippen molar-refractivity contribution in [3.63, 3.8) is 0 Å². The Hall–Kier alpha value is -1.88. The van der Waals surface area contributed by atoms with Gasteiger partial charge >= 0.3 is 0 Å². The highest BCUT2D eigenvalue weighted by atomic mass is 35.5. The van der Waals surface area contributed by atoms with Gasteiger partial charge in [-0.15, -0.1) is 0 Å². The summed E-state index contributed by atoms with van der Waals surface area (Å²) in [6, 6.07) is 18.7. The van der Waals surface area contributed by atoms with E-state index in [1.165, 1.54) is 5.56 Å². The van der Waals surface area contributed by atoms with Crippen LogP contribution in [0.2, 0.25) is 5.02 Å². The van der Waals surface area contributed by atoms with E-state index >= 15 is 0 Å². The number of nitrogens with zero attached hydrogens (tertiary/aromatic N) is 2. The van der Waals surface area contributed by atoms with Crippen LogP contribution in [0.3, 0.4) is 0 Å². The molecule has 0 spiro atoms. The average Bonchev–Trinajstić information content (AvgIpc) is 3.25. The lowest BCUT2D eigenvalue weighted by Crippen LogP contribution is -2.51. The molecule has 0 aromatic heterocycles. The molecule has 2 saturated heterocycles. The predicted octanol–water partition coefficient (Wildman–Crippen LogP) is 3.18. The van der Waals surface area contributed by atoms with Gasteiger partial charge in [-0.1, -0.05) is 60.1 Å². The molecule has 2 heterocycles. The van der Waals surface area contributed by atoms with Gasteiger partial charge in [-0.2, -0.15) is 0 Å². The third-order valence-corrected chi connectivity index (χ3v) is 6.06. The van der Waals surface area contributed by atoms with Crippen molar-refractivity contribution in [2.24, 2.45) is 5.92 Å². The Labute approximate surface area is 166 Å². The van der Waals surface area contributed by atoms with Crippen LogP contribution in [0.4, 0.5) is 0 Å². The van der Waals surface area contributed by atoms with Crippen molar-refractivity contribution in [3.8, 4) is 0 Å². The fourth-order valence-corrected chi connectivity index (χ4v) is 4.48. The summed E-state index contributed by atoms with van der Waals surface area (Å²) < 4.78 is 0. The van der Waals surface area contributed by atoms with Crippen LogP contribution in [0.25, 0.3) is 0 Å². The highest BCUT2D eigenvalue weighted by Crippen LogP contribution is 2.34. The molecule has 2 aliphatic rings. The van der Waals surface area contributed by atoms with E-state index < -0.39 is 0 Å². The summed E-state index contributed by atoms with van der Waals surface area (Å²) in [5, 5.41) is 4.09. The van der Waals surface area contributed by atoms with Gasteiger partial charge in [0.25, 0.3) is 0 Å². The van der Waals surface area contributed by atoms with Crippen molar-refractivity contribution in [1.29, 1.82) is 0 Å².